The molecule has 0 radical (unpaired) electrons. The molecule has 0 unspecified atom stereocenters. The smallest absolute Gasteiger partial charge is 0.331 e. The predicted octanol–water partition coefficient (Wildman–Crippen LogP) is 4.26. The first-order valence-electron chi connectivity index (χ1n) is 11.2. The minimum absolute atomic E-state index is 0.0153. The molecule has 2 atom stereocenters. The molecule has 1 fully saturated rings. The van der Waals surface area contributed by atoms with Gasteiger partial charge in [0, 0.05) is 30.7 Å². The van der Waals surface area contributed by atoms with Gasteiger partial charge in [-0.1, -0.05) is 62.4 Å². The molecule has 2 N–H and O–H groups in total. The van der Waals surface area contributed by atoms with Crippen molar-refractivity contribution in [1.82, 2.24) is 14.0 Å². The molecule has 3 aromatic rings. The Morgan fingerprint density at radius 3 is 2.53 bits per heavy atom. The molecule has 2 amide bonds. The molecular weight excluding hydrogens is 404 g/mol. The summed E-state index contributed by atoms with van der Waals surface area (Å²) in [4.78, 5) is 27.7. The Morgan fingerprint density at radius 1 is 1.06 bits per heavy atom. The van der Waals surface area contributed by atoms with Gasteiger partial charge in [-0.3, -0.25) is 9.13 Å². The molecular formula is C25H28N4O3. The number of carbonyl (C=O) groups is 1. The number of para-hydroxylation sites is 1. The number of carbonyl (C=O) groups excluding carboxylic acids is 1. The minimum Gasteiger partial charge on any atom is -0.493 e. The van der Waals surface area contributed by atoms with Gasteiger partial charge in [-0.2, -0.15) is 0 Å². The van der Waals surface area contributed by atoms with Crippen LogP contribution in [0.25, 0.3) is 0 Å². The lowest BCUT2D eigenvalue weighted by atomic mass is 10.0. The van der Waals surface area contributed by atoms with Crippen LogP contribution in [0.4, 0.5) is 10.5 Å². The van der Waals surface area contributed by atoms with Crippen LogP contribution in [0.5, 0.6) is 5.88 Å². The SMILES string of the molecule is CC(C)c1ccccc1NC(=O)N1CCn2c(c(O)n([C@H]3C[C@@H]3c3ccccc3)c2=O)C1. The summed E-state index contributed by atoms with van der Waals surface area (Å²) >= 11 is 0. The topological polar surface area (TPSA) is 79.5 Å². The average molecular weight is 433 g/mol. The van der Waals surface area contributed by atoms with E-state index in [1.165, 1.54) is 10.1 Å². The Hall–Kier alpha value is -3.48. The first-order valence-corrected chi connectivity index (χ1v) is 11.2. The molecule has 1 aliphatic carbocycles. The summed E-state index contributed by atoms with van der Waals surface area (Å²) < 4.78 is 3.13. The van der Waals surface area contributed by atoms with Crippen LogP contribution in [0.2, 0.25) is 0 Å². The number of aromatic nitrogens is 2. The molecule has 7 nitrogen and oxygen atoms in total. The summed E-state index contributed by atoms with van der Waals surface area (Å²) in [7, 11) is 0. The Labute approximate surface area is 186 Å². The zero-order valence-electron chi connectivity index (χ0n) is 18.4. The summed E-state index contributed by atoms with van der Waals surface area (Å²) in [5.41, 5.74) is 3.36. The van der Waals surface area contributed by atoms with Gasteiger partial charge in [0.1, 0.15) is 5.69 Å². The number of hydrogen-bond acceptors (Lipinski definition) is 3. The number of imidazole rings is 1. The number of nitrogens with zero attached hydrogens (tertiary/aromatic N) is 3. The van der Waals surface area contributed by atoms with E-state index in [1.54, 1.807) is 9.47 Å². The largest absolute Gasteiger partial charge is 0.493 e. The third-order valence-electron chi connectivity index (χ3n) is 6.61. The summed E-state index contributed by atoms with van der Waals surface area (Å²) in [6, 6.07) is 17.6. The maximum absolute atomic E-state index is 13.0. The van der Waals surface area contributed by atoms with Crippen LogP contribution in [-0.4, -0.2) is 31.7 Å². The van der Waals surface area contributed by atoms with Crippen LogP contribution < -0.4 is 11.0 Å². The van der Waals surface area contributed by atoms with E-state index in [0.29, 0.717) is 18.8 Å². The Balaban J connectivity index is 1.35. The molecule has 5 rings (SSSR count). The van der Waals surface area contributed by atoms with Crippen LogP contribution in [0.1, 0.15) is 55.0 Å². The standard InChI is InChI=1S/C25H28N4O3/c1-16(2)18-10-6-7-11-20(18)26-24(31)27-12-13-28-22(15-27)23(30)29(25(28)32)21-14-19(21)17-8-4-3-5-9-17/h3-11,16,19,21,30H,12-15H2,1-2H3,(H,26,31)/t19-,21+/m1/s1. The first-order chi connectivity index (χ1) is 15.5. The van der Waals surface area contributed by atoms with Gasteiger partial charge in [-0.15, -0.1) is 0 Å². The fraction of sp³-hybridized carbons (Fsp3) is 0.360. The molecule has 1 aliphatic heterocycles. The summed E-state index contributed by atoms with van der Waals surface area (Å²) in [5.74, 6) is 0.502. The lowest BCUT2D eigenvalue weighted by Crippen LogP contribution is -2.42. The third-order valence-corrected chi connectivity index (χ3v) is 6.61. The fourth-order valence-electron chi connectivity index (χ4n) is 4.77. The lowest BCUT2D eigenvalue weighted by Gasteiger charge is -2.28. The number of amides is 2. The van der Waals surface area contributed by atoms with Crippen molar-refractivity contribution in [2.24, 2.45) is 0 Å². The van der Waals surface area contributed by atoms with Crippen molar-refractivity contribution in [2.75, 3.05) is 11.9 Å². The highest BCUT2D eigenvalue weighted by atomic mass is 16.3. The molecule has 0 saturated heterocycles. The highest BCUT2D eigenvalue weighted by Crippen LogP contribution is 2.52. The number of hydrogen-bond donors (Lipinski definition) is 2. The monoisotopic (exact) mass is 432 g/mol. The number of benzene rings is 2. The van der Waals surface area contributed by atoms with E-state index in [2.05, 4.69) is 31.3 Å². The number of nitrogens with one attached hydrogen (secondary N) is 1. The van der Waals surface area contributed by atoms with Crippen molar-refractivity contribution in [1.29, 1.82) is 0 Å². The molecule has 1 saturated carbocycles. The van der Waals surface area contributed by atoms with Crippen LogP contribution in [0, 0.1) is 0 Å². The third kappa shape index (κ3) is 3.47. The molecule has 32 heavy (non-hydrogen) atoms. The van der Waals surface area contributed by atoms with Gasteiger partial charge >= 0.3 is 11.7 Å². The summed E-state index contributed by atoms with van der Waals surface area (Å²) in [6.45, 7) is 5.17. The zero-order chi connectivity index (χ0) is 22.4. The summed E-state index contributed by atoms with van der Waals surface area (Å²) in [5, 5.41) is 13.9. The maximum Gasteiger partial charge on any atom is 0.331 e. The van der Waals surface area contributed by atoms with E-state index in [0.717, 1.165) is 17.7 Å². The van der Waals surface area contributed by atoms with Gasteiger partial charge in [0.2, 0.25) is 5.88 Å². The van der Waals surface area contributed by atoms with Crippen LogP contribution in [0.15, 0.2) is 59.4 Å². The van der Waals surface area contributed by atoms with Crippen LogP contribution >= 0.6 is 0 Å². The van der Waals surface area contributed by atoms with Gasteiger partial charge in [-0.05, 0) is 29.5 Å². The van der Waals surface area contributed by atoms with Crippen molar-refractivity contribution < 1.29 is 9.90 Å². The minimum atomic E-state index is -0.225. The normalized spacial score (nSPS) is 19.7. The number of rotatable bonds is 4. The van der Waals surface area contributed by atoms with E-state index in [1.807, 2.05) is 42.5 Å². The Morgan fingerprint density at radius 2 is 1.78 bits per heavy atom. The molecule has 7 heteroatoms. The Bertz CT molecular complexity index is 1210. The van der Waals surface area contributed by atoms with Gasteiger partial charge in [0.15, 0.2) is 0 Å². The molecule has 1 aromatic heterocycles. The Kier molecular flexibility index (Phi) is 5.04. The van der Waals surface area contributed by atoms with Crippen LogP contribution in [0.3, 0.4) is 0 Å². The second-order valence-electron chi connectivity index (χ2n) is 8.99. The van der Waals surface area contributed by atoms with E-state index in [9.17, 15) is 14.7 Å². The van der Waals surface area contributed by atoms with Gasteiger partial charge < -0.3 is 15.3 Å². The lowest BCUT2D eigenvalue weighted by molar-refractivity contribution is 0.195. The zero-order valence-corrected chi connectivity index (χ0v) is 18.4. The average Bonchev–Trinajstić information content (AvgIpc) is 3.55. The van der Waals surface area contributed by atoms with Gasteiger partial charge in [0.05, 0.1) is 6.54 Å². The predicted molar refractivity (Wildman–Crippen MR) is 123 cm³/mol. The van der Waals surface area contributed by atoms with Crippen molar-refractivity contribution in [3.8, 4) is 5.88 Å². The maximum atomic E-state index is 13.0. The molecule has 2 aromatic carbocycles. The molecule has 166 valence electrons. The van der Waals surface area contributed by atoms with Crippen molar-refractivity contribution >= 4 is 11.7 Å². The number of fused-ring (bicyclic) bond motifs is 1. The highest BCUT2D eigenvalue weighted by molar-refractivity contribution is 5.90. The van der Waals surface area contributed by atoms with Crippen molar-refractivity contribution in [3.05, 3.63) is 81.9 Å². The van der Waals surface area contributed by atoms with E-state index < -0.39 is 0 Å². The van der Waals surface area contributed by atoms with Gasteiger partial charge in [-0.25, -0.2) is 9.59 Å². The quantitative estimate of drug-likeness (QED) is 0.647. The van der Waals surface area contributed by atoms with Gasteiger partial charge in [0.25, 0.3) is 0 Å². The van der Waals surface area contributed by atoms with E-state index in [4.69, 9.17) is 0 Å². The first kappa shape index (κ1) is 20.4. The molecule has 2 aliphatic rings. The van der Waals surface area contributed by atoms with E-state index >= 15 is 0 Å². The van der Waals surface area contributed by atoms with Crippen molar-refractivity contribution in [2.45, 2.75) is 51.2 Å². The second kappa shape index (κ2) is 7.89. The fourth-order valence-corrected chi connectivity index (χ4v) is 4.77. The van der Waals surface area contributed by atoms with Crippen molar-refractivity contribution in [3.63, 3.8) is 0 Å². The second-order valence-corrected chi connectivity index (χ2v) is 8.99. The molecule has 0 bridgehead atoms. The summed E-state index contributed by atoms with van der Waals surface area (Å²) in [6.07, 6.45) is 0.830. The van der Waals surface area contributed by atoms with E-state index in [-0.39, 0.29) is 42.0 Å². The number of aromatic hydroxyl groups is 1. The number of urea groups is 1. The highest BCUT2D eigenvalue weighted by Gasteiger charge is 2.44. The molecule has 2 heterocycles. The molecule has 0 spiro atoms. The number of anilines is 1. The van der Waals surface area contributed by atoms with Crippen LogP contribution in [-0.2, 0) is 13.1 Å².